The fraction of sp³-hybridized carbons (Fsp3) is 0.478. The van der Waals surface area contributed by atoms with Gasteiger partial charge in [0.2, 0.25) is 11.8 Å². The fourth-order valence-corrected chi connectivity index (χ4v) is 4.61. The third kappa shape index (κ3) is 5.14. The number of hydrogen-bond acceptors (Lipinski definition) is 9. The number of amides is 2. The average molecular weight is 469 g/mol. The Bertz CT molecular complexity index is 1040. The van der Waals surface area contributed by atoms with Crippen molar-refractivity contribution in [1.82, 2.24) is 14.9 Å². The van der Waals surface area contributed by atoms with Gasteiger partial charge in [0, 0.05) is 32.1 Å². The lowest BCUT2D eigenvalue weighted by molar-refractivity contribution is -0.130. The summed E-state index contributed by atoms with van der Waals surface area (Å²) in [6.07, 6.45) is 4.60. The summed E-state index contributed by atoms with van der Waals surface area (Å²) < 4.78 is 6.33. The third-order valence-electron chi connectivity index (χ3n) is 6.19. The first-order valence-corrected chi connectivity index (χ1v) is 11.5. The van der Waals surface area contributed by atoms with Crippen molar-refractivity contribution in [1.29, 1.82) is 0 Å². The molecular weight excluding hydrogens is 436 g/mol. The molecule has 3 aliphatic rings. The van der Waals surface area contributed by atoms with Gasteiger partial charge in [0.1, 0.15) is 24.4 Å². The maximum Gasteiger partial charge on any atom is 0.236 e. The summed E-state index contributed by atoms with van der Waals surface area (Å²) in [7, 11) is 0. The Kier molecular flexibility index (Phi) is 7.31. The lowest BCUT2D eigenvalue weighted by Gasteiger charge is -2.31. The highest BCUT2D eigenvalue weighted by molar-refractivity contribution is 5.81. The van der Waals surface area contributed by atoms with E-state index in [1.54, 1.807) is 6.33 Å². The number of nitrogens with one attached hydrogen (secondary N) is 2. The number of carbonyl (C=O) groups excluding carboxylic acids is 2. The van der Waals surface area contributed by atoms with Crippen LogP contribution >= 0.6 is 0 Å². The first kappa shape index (κ1) is 23.6. The summed E-state index contributed by atoms with van der Waals surface area (Å²) in [5.74, 6) is 2.30. The zero-order valence-electron chi connectivity index (χ0n) is 19.4. The topological polar surface area (TPSA) is 152 Å². The van der Waals surface area contributed by atoms with Crippen molar-refractivity contribution < 1.29 is 14.3 Å². The number of ether oxygens (including phenoxy) is 1. The van der Waals surface area contributed by atoms with E-state index in [2.05, 4.69) is 37.3 Å². The van der Waals surface area contributed by atoms with Crippen LogP contribution in [0, 0.1) is 0 Å². The molecule has 34 heavy (non-hydrogen) atoms. The van der Waals surface area contributed by atoms with Gasteiger partial charge in [0.15, 0.2) is 11.6 Å². The number of hydrogen-bond donors (Lipinski definition) is 4. The molecule has 0 saturated carbocycles. The van der Waals surface area contributed by atoms with Crippen LogP contribution in [0.3, 0.4) is 0 Å². The summed E-state index contributed by atoms with van der Waals surface area (Å²) in [6.45, 7) is 4.82. The molecule has 11 heteroatoms. The first-order valence-electron chi connectivity index (χ1n) is 11.5. The van der Waals surface area contributed by atoms with Crippen molar-refractivity contribution in [2.45, 2.75) is 38.8 Å². The number of benzene rings is 1. The number of aromatic nitrogens is 2. The fourth-order valence-electron chi connectivity index (χ4n) is 4.61. The summed E-state index contributed by atoms with van der Waals surface area (Å²) in [4.78, 5) is 34.3. The van der Waals surface area contributed by atoms with Gasteiger partial charge in [-0.15, -0.1) is 0 Å². The lowest BCUT2D eigenvalue weighted by atomic mass is 9.98. The van der Waals surface area contributed by atoms with Crippen molar-refractivity contribution in [3.05, 3.63) is 35.7 Å². The predicted molar refractivity (Wildman–Crippen MR) is 129 cm³/mol. The Morgan fingerprint density at radius 3 is 2.85 bits per heavy atom. The Morgan fingerprint density at radius 2 is 2.06 bits per heavy atom. The van der Waals surface area contributed by atoms with Gasteiger partial charge >= 0.3 is 0 Å². The highest BCUT2D eigenvalue weighted by Gasteiger charge is 2.31. The number of nitrogens with two attached hydrogens (primary N) is 2. The van der Waals surface area contributed by atoms with Crippen molar-refractivity contribution in [3.63, 3.8) is 0 Å². The SMILES string of the molecule is CC(N)=O.NCC(=O)N1CCc2cccc(OC[C@H]3CCCN3c3ncnc4c3NCN4)c2C1. The molecule has 2 amide bonds. The first-order chi connectivity index (χ1) is 16.5. The van der Waals surface area contributed by atoms with Crippen LogP contribution in [-0.4, -0.2) is 65.6 Å². The number of carbonyl (C=O) groups is 2. The molecule has 1 aromatic heterocycles. The quantitative estimate of drug-likeness (QED) is 0.496. The standard InChI is InChI=1S/C21H27N7O2.C2H5NO/c22-9-18(29)27-8-6-14-3-1-5-17(16(14)10-27)30-11-15-4-2-7-28(15)21-19-20(24-12-23-19)25-13-26-21;1-2(3)4/h1,3,5,13,15,23H,2,4,6-12,22H2,(H,24,25,26);1H3,(H2,3,4)/t15-;/m1./s1. The second kappa shape index (κ2) is 10.6. The molecule has 0 unspecified atom stereocenters. The van der Waals surface area contributed by atoms with Gasteiger partial charge < -0.3 is 36.6 Å². The van der Waals surface area contributed by atoms with Gasteiger partial charge in [-0.3, -0.25) is 9.59 Å². The Balaban J connectivity index is 0.000000636. The Morgan fingerprint density at radius 1 is 1.24 bits per heavy atom. The summed E-state index contributed by atoms with van der Waals surface area (Å²) >= 11 is 0. The van der Waals surface area contributed by atoms with Gasteiger partial charge in [0.25, 0.3) is 0 Å². The summed E-state index contributed by atoms with van der Waals surface area (Å²) in [5.41, 5.74) is 13.4. The molecule has 11 nitrogen and oxygen atoms in total. The Labute approximate surface area is 198 Å². The van der Waals surface area contributed by atoms with Gasteiger partial charge in [-0.1, -0.05) is 12.1 Å². The van der Waals surface area contributed by atoms with Gasteiger partial charge in [-0.25, -0.2) is 9.97 Å². The van der Waals surface area contributed by atoms with Crippen molar-refractivity contribution in [3.8, 4) is 5.75 Å². The zero-order valence-corrected chi connectivity index (χ0v) is 19.4. The van der Waals surface area contributed by atoms with Gasteiger partial charge in [-0.2, -0.15) is 0 Å². The summed E-state index contributed by atoms with van der Waals surface area (Å²) in [6, 6.07) is 6.40. The number of rotatable bonds is 5. The van der Waals surface area contributed by atoms with Gasteiger partial charge in [-0.05, 0) is 30.9 Å². The van der Waals surface area contributed by atoms with Crippen LogP contribution in [0.5, 0.6) is 5.75 Å². The van der Waals surface area contributed by atoms with Crippen molar-refractivity contribution in [2.24, 2.45) is 11.5 Å². The Hall–Kier alpha value is -3.60. The molecule has 0 bridgehead atoms. The molecule has 2 aromatic rings. The van der Waals surface area contributed by atoms with E-state index in [0.29, 0.717) is 26.4 Å². The minimum atomic E-state index is -0.333. The van der Waals surface area contributed by atoms with Crippen LogP contribution in [0.1, 0.15) is 30.9 Å². The second-order valence-electron chi connectivity index (χ2n) is 8.53. The molecule has 182 valence electrons. The maximum atomic E-state index is 12.1. The highest BCUT2D eigenvalue weighted by Crippen LogP contribution is 2.36. The number of primary amides is 1. The van der Waals surface area contributed by atoms with E-state index in [0.717, 1.165) is 54.4 Å². The normalized spacial score (nSPS) is 18.1. The molecule has 1 fully saturated rings. The molecule has 1 atom stereocenters. The molecular formula is C23H32N8O3. The molecule has 0 spiro atoms. The molecule has 6 N–H and O–H groups in total. The van der Waals surface area contributed by atoms with Crippen LogP contribution in [0.25, 0.3) is 0 Å². The molecule has 1 aromatic carbocycles. The molecule has 1 saturated heterocycles. The molecule has 0 aliphatic carbocycles. The van der Waals surface area contributed by atoms with E-state index in [4.69, 9.17) is 10.5 Å². The van der Waals surface area contributed by atoms with Crippen LogP contribution in [-0.2, 0) is 22.6 Å². The van der Waals surface area contributed by atoms with E-state index >= 15 is 0 Å². The minimum Gasteiger partial charge on any atom is -0.491 e. The predicted octanol–water partition coefficient (Wildman–Crippen LogP) is 0.654. The lowest BCUT2D eigenvalue weighted by Crippen LogP contribution is -2.40. The average Bonchev–Trinajstić information content (AvgIpc) is 3.51. The highest BCUT2D eigenvalue weighted by atomic mass is 16.5. The van der Waals surface area contributed by atoms with Gasteiger partial charge in [0.05, 0.1) is 19.3 Å². The molecule has 4 heterocycles. The van der Waals surface area contributed by atoms with Crippen LogP contribution in [0.15, 0.2) is 24.5 Å². The van der Waals surface area contributed by atoms with E-state index in [9.17, 15) is 9.59 Å². The zero-order chi connectivity index (χ0) is 24.1. The summed E-state index contributed by atoms with van der Waals surface area (Å²) in [5, 5.41) is 6.56. The van der Waals surface area contributed by atoms with Crippen LogP contribution < -0.4 is 31.7 Å². The van der Waals surface area contributed by atoms with E-state index in [1.165, 1.54) is 12.5 Å². The van der Waals surface area contributed by atoms with Crippen LogP contribution in [0.2, 0.25) is 0 Å². The van der Waals surface area contributed by atoms with Crippen LogP contribution in [0.4, 0.5) is 17.3 Å². The monoisotopic (exact) mass is 468 g/mol. The smallest absolute Gasteiger partial charge is 0.236 e. The van der Waals surface area contributed by atoms with Crippen molar-refractivity contribution in [2.75, 3.05) is 48.4 Å². The van der Waals surface area contributed by atoms with E-state index in [1.807, 2.05) is 17.0 Å². The maximum absolute atomic E-state index is 12.1. The molecule has 0 radical (unpaired) electrons. The third-order valence-corrected chi connectivity index (χ3v) is 6.19. The van der Waals surface area contributed by atoms with E-state index in [-0.39, 0.29) is 24.4 Å². The molecule has 5 rings (SSSR count). The number of anilines is 3. The number of nitrogens with zero attached hydrogens (tertiary/aromatic N) is 4. The van der Waals surface area contributed by atoms with E-state index < -0.39 is 0 Å². The van der Waals surface area contributed by atoms with Crippen molar-refractivity contribution >= 4 is 29.1 Å². The second-order valence-corrected chi connectivity index (χ2v) is 8.53. The largest absolute Gasteiger partial charge is 0.491 e. The molecule has 3 aliphatic heterocycles. The number of fused-ring (bicyclic) bond motifs is 2. The minimum absolute atomic E-state index is 0.0175.